The predicted molar refractivity (Wildman–Crippen MR) is 95.5 cm³/mol. The quantitative estimate of drug-likeness (QED) is 0.729. The van der Waals surface area contributed by atoms with Gasteiger partial charge in [0.05, 0.1) is 11.3 Å². The van der Waals surface area contributed by atoms with Gasteiger partial charge in [0.1, 0.15) is 11.5 Å². The zero-order valence-electron chi connectivity index (χ0n) is 14.1. The first-order valence-corrected chi connectivity index (χ1v) is 8.27. The summed E-state index contributed by atoms with van der Waals surface area (Å²) in [5.41, 5.74) is 1.99. The van der Waals surface area contributed by atoms with Gasteiger partial charge in [-0.2, -0.15) is 0 Å². The van der Waals surface area contributed by atoms with E-state index in [0.717, 1.165) is 16.7 Å². The summed E-state index contributed by atoms with van der Waals surface area (Å²) >= 11 is 0. The molecule has 0 spiro atoms. The Labute approximate surface area is 150 Å². The highest BCUT2D eigenvalue weighted by Crippen LogP contribution is 2.52. The molecule has 4 rings (SSSR count). The fourth-order valence-corrected chi connectivity index (χ4v) is 4.11. The first kappa shape index (κ1) is 16.1. The topological polar surface area (TPSA) is 86.6 Å². The van der Waals surface area contributed by atoms with Crippen molar-refractivity contribution in [2.45, 2.75) is 12.3 Å². The summed E-state index contributed by atoms with van der Waals surface area (Å²) in [7, 11) is 0. The molecule has 1 aliphatic carbocycles. The molecule has 1 aliphatic heterocycles. The fourth-order valence-electron chi connectivity index (χ4n) is 4.11. The fraction of sp³-hybridized carbons (Fsp3) is 0.143. The van der Waals surface area contributed by atoms with Gasteiger partial charge in [0.2, 0.25) is 5.91 Å². The summed E-state index contributed by atoms with van der Waals surface area (Å²) < 4.78 is 0. The number of amides is 2. The van der Waals surface area contributed by atoms with Crippen LogP contribution in [0.1, 0.15) is 18.1 Å². The molecule has 1 saturated heterocycles. The molecule has 0 saturated carbocycles. The van der Waals surface area contributed by atoms with Gasteiger partial charge in [-0.1, -0.05) is 42.0 Å². The molecule has 130 valence electrons. The number of fused-ring (bicyclic) bond motifs is 1. The number of hydrogen-bond acceptors (Lipinski definition) is 4. The summed E-state index contributed by atoms with van der Waals surface area (Å²) in [6, 6.07) is 13.3. The van der Waals surface area contributed by atoms with Crippen LogP contribution in [0.15, 0.2) is 71.8 Å². The van der Waals surface area contributed by atoms with Gasteiger partial charge in [-0.25, -0.2) is 0 Å². The van der Waals surface area contributed by atoms with Crippen molar-refractivity contribution in [2.24, 2.45) is 5.92 Å². The molecule has 0 aromatic heterocycles. The first-order chi connectivity index (χ1) is 12.4. The van der Waals surface area contributed by atoms with Crippen LogP contribution in [-0.4, -0.2) is 22.0 Å². The lowest BCUT2D eigenvalue weighted by molar-refractivity contribution is -0.126. The van der Waals surface area contributed by atoms with Crippen molar-refractivity contribution in [1.29, 1.82) is 0 Å². The minimum atomic E-state index is -0.901. The molecule has 1 heterocycles. The molecule has 0 bridgehead atoms. The number of aromatic hydroxyl groups is 2. The average molecular weight is 347 g/mol. The number of nitrogens with one attached hydrogen (secondary N) is 1. The van der Waals surface area contributed by atoms with Crippen LogP contribution in [0.3, 0.4) is 0 Å². The Morgan fingerprint density at radius 3 is 1.85 bits per heavy atom. The second-order valence-electron chi connectivity index (χ2n) is 6.62. The molecular formula is C21H17NO4. The molecular weight excluding hydrogens is 330 g/mol. The van der Waals surface area contributed by atoms with Gasteiger partial charge < -0.3 is 10.2 Å². The van der Waals surface area contributed by atoms with E-state index in [1.165, 1.54) is 0 Å². The van der Waals surface area contributed by atoms with Crippen molar-refractivity contribution < 1.29 is 19.8 Å². The van der Waals surface area contributed by atoms with Crippen molar-refractivity contribution in [1.82, 2.24) is 5.32 Å². The zero-order chi connectivity index (χ0) is 18.5. The lowest BCUT2D eigenvalue weighted by Gasteiger charge is -2.42. The monoisotopic (exact) mass is 347 g/mol. The van der Waals surface area contributed by atoms with Gasteiger partial charge in [-0.05, 0) is 42.3 Å². The Kier molecular flexibility index (Phi) is 3.47. The summed E-state index contributed by atoms with van der Waals surface area (Å²) in [6.45, 7) is 1.92. The van der Waals surface area contributed by atoms with E-state index in [9.17, 15) is 19.8 Å². The van der Waals surface area contributed by atoms with Gasteiger partial charge in [0.15, 0.2) is 0 Å². The molecule has 2 aromatic rings. The normalized spacial score (nSPS) is 20.9. The van der Waals surface area contributed by atoms with Crippen LogP contribution >= 0.6 is 0 Å². The summed E-state index contributed by atoms with van der Waals surface area (Å²) in [6.07, 6.45) is 3.54. The maximum atomic E-state index is 12.8. The number of hydrogen-bond donors (Lipinski definition) is 3. The molecule has 26 heavy (non-hydrogen) atoms. The second-order valence-corrected chi connectivity index (χ2v) is 6.62. The molecule has 1 fully saturated rings. The van der Waals surface area contributed by atoms with Crippen molar-refractivity contribution in [2.75, 3.05) is 0 Å². The van der Waals surface area contributed by atoms with E-state index >= 15 is 0 Å². The summed E-state index contributed by atoms with van der Waals surface area (Å²) in [5, 5.41) is 21.8. The minimum absolute atomic E-state index is 0.120. The van der Waals surface area contributed by atoms with Gasteiger partial charge in [-0.15, -0.1) is 0 Å². The van der Waals surface area contributed by atoms with Crippen molar-refractivity contribution in [3.8, 4) is 11.5 Å². The Morgan fingerprint density at radius 2 is 1.35 bits per heavy atom. The first-order valence-electron chi connectivity index (χ1n) is 8.27. The lowest BCUT2D eigenvalue weighted by Crippen LogP contribution is -2.43. The van der Waals surface area contributed by atoms with Crippen LogP contribution in [-0.2, 0) is 15.0 Å². The highest BCUT2D eigenvalue weighted by molar-refractivity contribution is 6.16. The predicted octanol–water partition coefficient (Wildman–Crippen LogP) is 2.54. The molecule has 1 atom stereocenters. The lowest BCUT2D eigenvalue weighted by atomic mass is 9.58. The van der Waals surface area contributed by atoms with Crippen molar-refractivity contribution >= 4 is 11.8 Å². The second kappa shape index (κ2) is 5.59. The third kappa shape index (κ3) is 2.10. The molecule has 2 aliphatic rings. The molecule has 1 unspecified atom stereocenters. The highest BCUT2D eigenvalue weighted by atomic mass is 16.3. The van der Waals surface area contributed by atoms with Gasteiger partial charge in [-0.3, -0.25) is 14.9 Å². The maximum Gasteiger partial charge on any atom is 0.254 e. The molecule has 0 radical (unpaired) electrons. The van der Waals surface area contributed by atoms with Crippen LogP contribution in [0, 0.1) is 5.92 Å². The van der Waals surface area contributed by atoms with Crippen LogP contribution < -0.4 is 5.32 Å². The largest absolute Gasteiger partial charge is 0.508 e. The number of rotatable bonds is 2. The maximum absolute atomic E-state index is 12.8. The third-order valence-electron chi connectivity index (χ3n) is 5.29. The number of phenolic OH excluding ortho intramolecular Hbond substituents is 2. The highest BCUT2D eigenvalue weighted by Gasteiger charge is 2.55. The van der Waals surface area contributed by atoms with Crippen LogP contribution in [0.2, 0.25) is 0 Å². The number of carbonyl (C=O) groups is 2. The van der Waals surface area contributed by atoms with E-state index in [1.54, 1.807) is 54.6 Å². The number of benzene rings is 2. The van der Waals surface area contributed by atoms with Crippen LogP contribution in [0.25, 0.3) is 0 Å². The smallest absolute Gasteiger partial charge is 0.254 e. The zero-order valence-corrected chi connectivity index (χ0v) is 14.1. The molecule has 2 amide bonds. The van der Waals surface area contributed by atoms with E-state index in [0.29, 0.717) is 5.57 Å². The Bertz CT molecular complexity index is 923. The van der Waals surface area contributed by atoms with E-state index in [1.807, 2.05) is 13.0 Å². The number of imide groups is 1. The van der Waals surface area contributed by atoms with E-state index in [2.05, 4.69) is 5.32 Å². The van der Waals surface area contributed by atoms with Crippen molar-refractivity contribution in [3.63, 3.8) is 0 Å². The standard InChI is InChI=1S/C21H17NO4/c1-12-2-11-17-18(20(26)22-19(17)25)21(12,13-3-7-15(23)8-4-13)14-5-9-16(24)10-6-14/h2-11,18,23-24H,1H3,(H,22,25,26). The molecule has 2 aromatic carbocycles. The molecule has 5 heteroatoms. The van der Waals surface area contributed by atoms with Gasteiger partial charge in [0, 0.05) is 5.57 Å². The SMILES string of the molecule is CC1=CC=C2C(=O)NC(=O)C2C1(c1ccc(O)cc1)c1ccc(O)cc1. The molecule has 3 N–H and O–H groups in total. The third-order valence-corrected chi connectivity index (χ3v) is 5.29. The van der Waals surface area contributed by atoms with Crippen LogP contribution in [0.5, 0.6) is 11.5 Å². The van der Waals surface area contributed by atoms with E-state index < -0.39 is 11.3 Å². The van der Waals surface area contributed by atoms with Gasteiger partial charge in [0.25, 0.3) is 5.91 Å². The average Bonchev–Trinajstić information content (AvgIpc) is 2.91. The van der Waals surface area contributed by atoms with Crippen molar-refractivity contribution in [3.05, 3.63) is 83.0 Å². The van der Waals surface area contributed by atoms with E-state index in [-0.39, 0.29) is 23.3 Å². The van der Waals surface area contributed by atoms with Gasteiger partial charge >= 0.3 is 0 Å². The van der Waals surface area contributed by atoms with Crippen LogP contribution in [0.4, 0.5) is 0 Å². The van der Waals surface area contributed by atoms with E-state index in [4.69, 9.17) is 0 Å². The molecule has 5 nitrogen and oxygen atoms in total. The Morgan fingerprint density at radius 1 is 0.846 bits per heavy atom. The number of carbonyl (C=O) groups excluding carboxylic acids is 2. The Hall–Kier alpha value is -3.34. The number of allylic oxidation sites excluding steroid dienone is 3. The summed E-state index contributed by atoms with van der Waals surface area (Å²) in [4.78, 5) is 25.0. The minimum Gasteiger partial charge on any atom is -0.508 e. The Balaban J connectivity index is 2.05. The summed E-state index contributed by atoms with van der Waals surface area (Å²) in [5.74, 6) is -1.21. The number of phenols is 2.